The van der Waals surface area contributed by atoms with Gasteiger partial charge in [-0.3, -0.25) is 0 Å². The number of hydrogen-bond acceptors (Lipinski definition) is 6. The fourth-order valence-corrected chi connectivity index (χ4v) is 4.36. The van der Waals surface area contributed by atoms with Gasteiger partial charge in [0.1, 0.15) is 29.2 Å². The molecule has 1 aliphatic carbocycles. The van der Waals surface area contributed by atoms with E-state index in [2.05, 4.69) is 22.8 Å². The van der Waals surface area contributed by atoms with E-state index in [0.29, 0.717) is 5.57 Å². The number of rotatable bonds is 6. The summed E-state index contributed by atoms with van der Waals surface area (Å²) in [6, 6.07) is 31.5. The van der Waals surface area contributed by atoms with E-state index in [1.165, 1.54) is 0 Å². The quantitative estimate of drug-likeness (QED) is 0.259. The zero-order chi connectivity index (χ0) is 25.1. The minimum Gasteiger partial charge on any atom is -0.497 e. The van der Waals surface area contributed by atoms with Gasteiger partial charge in [-0.05, 0) is 95.1 Å². The van der Waals surface area contributed by atoms with E-state index in [4.69, 9.17) is 9.47 Å². The van der Waals surface area contributed by atoms with Gasteiger partial charge in [0.25, 0.3) is 0 Å². The molecule has 0 heterocycles. The normalized spacial score (nSPS) is 10.9. The molecule has 0 bridgehead atoms. The Hall–Kier alpha value is -5.20. The lowest BCUT2D eigenvalue weighted by atomic mass is 9.98. The first kappa shape index (κ1) is 22.6. The molecule has 0 aliphatic heterocycles. The lowest BCUT2D eigenvalue weighted by Gasteiger charge is -2.10. The molecule has 4 aromatic carbocycles. The molecule has 0 unspecified atom stereocenters. The Bertz CT molecular complexity index is 1440. The lowest BCUT2D eigenvalue weighted by Crippen LogP contribution is -1.94. The second-order valence-electron chi connectivity index (χ2n) is 8.20. The molecular formula is C30H22N4O2. The van der Waals surface area contributed by atoms with Gasteiger partial charge in [0.05, 0.1) is 14.2 Å². The van der Waals surface area contributed by atoms with E-state index >= 15 is 0 Å². The first-order valence-electron chi connectivity index (χ1n) is 11.3. The van der Waals surface area contributed by atoms with Crippen molar-refractivity contribution in [2.24, 2.45) is 0 Å². The van der Waals surface area contributed by atoms with Crippen LogP contribution in [0.3, 0.4) is 0 Å². The average molecular weight is 471 g/mol. The third-order valence-corrected chi connectivity index (χ3v) is 6.10. The zero-order valence-electron chi connectivity index (χ0n) is 19.8. The smallest absolute Gasteiger partial charge is 0.138 e. The maximum Gasteiger partial charge on any atom is 0.138 e. The van der Waals surface area contributed by atoms with Crippen LogP contribution in [0.1, 0.15) is 11.1 Å². The summed E-state index contributed by atoms with van der Waals surface area (Å²) in [6.07, 6.45) is 0. The third kappa shape index (κ3) is 4.20. The van der Waals surface area contributed by atoms with Crippen LogP contribution >= 0.6 is 0 Å². The van der Waals surface area contributed by atoms with Crippen molar-refractivity contribution in [3.63, 3.8) is 0 Å². The molecule has 4 aromatic rings. The van der Waals surface area contributed by atoms with E-state index in [-0.39, 0.29) is 5.57 Å². The van der Waals surface area contributed by atoms with Crippen LogP contribution in [-0.2, 0) is 0 Å². The molecule has 0 amide bonds. The fourth-order valence-electron chi connectivity index (χ4n) is 4.36. The number of nitrogens with zero attached hydrogens (tertiary/aromatic N) is 2. The summed E-state index contributed by atoms with van der Waals surface area (Å²) in [7, 11) is 3.27. The van der Waals surface area contributed by atoms with Crippen molar-refractivity contribution < 1.29 is 9.47 Å². The van der Waals surface area contributed by atoms with Crippen molar-refractivity contribution in [2.75, 3.05) is 24.9 Å². The summed E-state index contributed by atoms with van der Waals surface area (Å²) in [5, 5.41) is 26.3. The molecule has 0 fully saturated rings. The van der Waals surface area contributed by atoms with E-state index in [0.717, 1.165) is 56.5 Å². The molecule has 0 radical (unpaired) electrons. The number of methoxy groups -OCH3 is 2. The van der Waals surface area contributed by atoms with Gasteiger partial charge in [-0.1, -0.05) is 12.1 Å². The van der Waals surface area contributed by atoms with Gasteiger partial charge in [-0.2, -0.15) is 10.5 Å². The molecular weight excluding hydrogens is 448 g/mol. The topological polar surface area (TPSA) is 90.1 Å². The highest BCUT2D eigenvalue weighted by molar-refractivity contribution is 6.05. The predicted molar refractivity (Wildman–Crippen MR) is 142 cm³/mol. The van der Waals surface area contributed by atoms with Gasteiger partial charge >= 0.3 is 0 Å². The maximum atomic E-state index is 9.76. The van der Waals surface area contributed by atoms with Crippen molar-refractivity contribution in [1.82, 2.24) is 0 Å². The second-order valence-corrected chi connectivity index (χ2v) is 8.20. The van der Waals surface area contributed by atoms with Gasteiger partial charge in [0, 0.05) is 28.3 Å². The molecule has 1 aliphatic rings. The summed E-state index contributed by atoms with van der Waals surface area (Å²) in [6.45, 7) is 0. The van der Waals surface area contributed by atoms with E-state index in [9.17, 15) is 10.5 Å². The van der Waals surface area contributed by atoms with Crippen molar-refractivity contribution >= 4 is 28.3 Å². The minimum absolute atomic E-state index is 0.0817. The highest BCUT2D eigenvalue weighted by atomic mass is 16.5. The van der Waals surface area contributed by atoms with Gasteiger partial charge in [0.15, 0.2) is 0 Å². The van der Waals surface area contributed by atoms with Gasteiger partial charge in [-0.25, -0.2) is 0 Å². The number of nitriles is 2. The molecule has 0 saturated carbocycles. The van der Waals surface area contributed by atoms with E-state index in [1.807, 2.05) is 84.9 Å². The summed E-state index contributed by atoms with van der Waals surface area (Å²) in [5.41, 5.74) is 7.92. The van der Waals surface area contributed by atoms with Crippen molar-refractivity contribution in [2.45, 2.75) is 0 Å². The van der Waals surface area contributed by atoms with Crippen LogP contribution in [0.25, 0.3) is 16.7 Å². The molecule has 2 N–H and O–H groups in total. The Morgan fingerprint density at radius 3 is 1.31 bits per heavy atom. The molecule has 6 nitrogen and oxygen atoms in total. The van der Waals surface area contributed by atoms with E-state index < -0.39 is 0 Å². The van der Waals surface area contributed by atoms with Crippen LogP contribution in [0.4, 0.5) is 22.7 Å². The Balaban J connectivity index is 1.52. The number of nitrogens with one attached hydrogen (secondary N) is 2. The molecule has 0 saturated heterocycles. The first-order chi connectivity index (χ1) is 17.6. The third-order valence-electron chi connectivity index (χ3n) is 6.10. The Kier molecular flexibility index (Phi) is 6.01. The number of benzene rings is 4. The van der Waals surface area contributed by atoms with Crippen molar-refractivity contribution in [3.8, 4) is 34.8 Å². The molecule has 6 heteroatoms. The highest BCUT2D eigenvalue weighted by Gasteiger charge is 2.27. The van der Waals surface area contributed by atoms with Crippen LogP contribution in [0.15, 0.2) is 90.5 Å². The monoisotopic (exact) mass is 470 g/mol. The second kappa shape index (κ2) is 9.58. The molecule has 174 valence electrons. The fraction of sp³-hybridized carbons (Fsp3) is 0.0667. The zero-order valence-corrected chi connectivity index (χ0v) is 19.8. The largest absolute Gasteiger partial charge is 0.497 e. The summed E-state index contributed by atoms with van der Waals surface area (Å²) >= 11 is 0. The van der Waals surface area contributed by atoms with Crippen molar-refractivity contribution in [1.29, 1.82) is 10.5 Å². The average Bonchev–Trinajstić information content (AvgIpc) is 3.23. The standard InChI is InChI=1S/C30H22N4O2/c1-35-24-9-3-20(4-10-24)33-22-7-13-26-27-14-8-23(34-21-5-11-25(36-2)12-6-21)16-29(27)30(28(26)15-22)19(17-31)18-32/h3-16,33-34H,1-2H3. The number of ether oxygens (including phenoxy) is 2. The lowest BCUT2D eigenvalue weighted by molar-refractivity contribution is 0.415. The minimum atomic E-state index is 0.0817. The van der Waals surface area contributed by atoms with Crippen LogP contribution in [-0.4, -0.2) is 14.2 Å². The number of fused-ring (bicyclic) bond motifs is 3. The SMILES string of the molecule is COc1ccc(Nc2ccc3c(c2)C(=C(C#N)C#N)c2cc(Nc4ccc(OC)cc4)ccc2-3)cc1. The number of hydrogen-bond donors (Lipinski definition) is 2. The maximum absolute atomic E-state index is 9.76. The summed E-state index contributed by atoms with van der Waals surface area (Å²) < 4.78 is 10.5. The molecule has 0 aromatic heterocycles. The van der Waals surface area contributed by atoms with Gasteiger partial charge < -0.3 is 20.1 Å². The van der Waals surface area contributed by atoms with E-state index in [1.54, 1.807) is 14.2 Å². The predicted octanol–water partition coefficient (Wildman–Crippen LogP) is 7.02. The van der Waals surface area contributed by atoms with Crippen LogP contribution in [0.2, 0.25) is 0 Å². The van der Waals surface area contributed by atoms with Crippen LogP contribution in [0, 0.1) is 22.7 Å². The summed E-state index contributed by atoms with van der Waals surface area (Å²) in [4.78, 5) is 0. The van der Waals surface area contributed by atoms with Crippen LogP contribution in [0.5, 0.6) is 11.5 Å². The molecule has 36 heavy (non-hydrogen) atoms. The van der Waals surface area contributed by atoms with Gasteiger partial charge in [0.2, 0.25) is 0 Å². The first-order valence-corrected chi connectivity index (χ1v) is 11.3. The number of allylic oxidation sites excluding steroid dienone is 1. The molecule has 0 atom stereocenters. The molecule has 0 spiro atoms. The highest BCUT2D eigenvalue weighted by Crippen LogP contribution is 2.47. The van der Waals surface area contributed by atoms with Crippen molar-refractivity contribution in [3.05, 3.63) is 102 Å². The Labute approximate surface area is 209 Å². The molecule has 5 rings (SSSR count). The summed E-state index contributed by atoms with van der Waals surface area (Å²) in [5.74, 6) is 1.56. The van der Waals surface area contributed by atoms with Gasteiger partial charge in [-0.15, -0.1) is 0 Å². The van der Waals surface area contributed by atoms with Crippen LogP contribution < -0.4 is 20.1 Å². The number of anilines is 4. The Morgan fingerprint density at radius 2 is 0.944 bits per heavy atom. The Morgan fingerprint density at radius 1 is 0.556 bits per heavy atom.